The molecule has 0 aromatic heterocycles. The fraction of sp³-hybridized carbons (Fsp3) is 0.538. The third-order valence-electron chi connectivity index (χ3n) is 3.19. The van der Waals surface area contributed by atoms with Crippen molar-refractivity contribution in [3.63, 3.8) is 0 Å². The molecule has 0 aliphatic carbocycles. The molecule has 2 rings (SSSR count). The largest absolute Gasteiger partial charge is 0.496 e. The van der Waals surface area contributed by atoms with Crippen LogP contribution < -0.4 is 10.1 Å². The monoisotopic (exact) mass is 266 g/mol. The Bertz CT molecular complexity index is 464. The highest BCUT2D eigenvalue weighted by Gasteiger charge is 2.20. The van der Waals surface area contributed by atoms with E-state index in [9.17, 15) is 10.1 Å². The first kappa shape index (κ1) is 13.6. The van der Waals surface area contributed by atoms with E-state index in [1.807, 2.05) is 6.92 Å². The van der Waals surface area contributed by atoms with Gasteiger partial charge in [-0.05, 0) is 19.8 Å². The molecule has 6 heteroatoms. The molecule has 1 N–H and O–H groups in total. The zero-order valence-corrected chi connectivity index (χ0v) is 11.1. The number of benzene rings is 1. The lowest BCUT2D eigenvalue weighted by molar-refractivity contribution is -0.384. The van der Waals surface area contributed by atoms with Crippen LogP contribution in [-0.4, -0.2) is 30.8 Å². The summed E-state index contributed by atoms with van der Waals surface area (Å²) in [5.74, 6) is 0.483. The van der Waals surface area contributed by atoms with E-state index >= 15 is 0 Å². The number of hydrogen-bond acceptors (Lipinski definition) is 5. The van der Waals surface area contributed by atoms with E-state index in [-0.39, 0.29) is 17.8 Å². The molecule has 6 nitrogen and oxygen atoms in total. The van der Waals surface area contributed by atoms with Gasteiger partial charge in [0.25, 0.3) is 5.69 Å². The van der Waals surface area contributed by atoms with Gasteiger partial charge in [-0.2, -0.15) is 0 Å². The third kappa shape index (κ3) is 3.57. The molecular weight excluding hydrogens is 248 g/mol. The molecule has 0 amide bonds. The van der Waals surface area contributed by atoms with Gasteiger partial charge in [0.05, 0.1) is 24.2 Å². The Morgan fingerprint density at radius 2 is 2.26 bits per heavy atom. The van der Waals surface area contributed by atoms with Gasteiger partial charge in [-0.1, -0.05) is 0 Å². The number of nitrogens with one attached hydrogen (secondary N) is 1. The predicted molar refractivity (Wildman–Crippen MR) is 71.7 cm³/mol. The summed E-state index contributed by atoms with van der Waals surface area (Å²) in [7, 11) is 1.50. The molecule has 1 fully saturated rings. The number of non-ortho nitro benzene ring substituents is 1. The zero-order valence-electron chi connectivity index (χ0n) is 11.1. The average molecular weight is 266 g/mol. The van der Waals surface area contributed by atoms with E-state index in [1.165, 1.54) is 19.2 Å². The van der Waals surface area contributed by atoms with Crippen molar-refractivity contribution in [2.24, 2.45) is 0 Å². The molecule has 1 heterocycles. The highest BCUT2D eigenvalue weighted by molar-refractivity contribution is 5.56. The fourth-order valence-electron chi connectivity index (χ4n) is 2.25. The standard InChI is InChI=1S/C13H18N2O4/c1-9-5-10(3-4-19-9)14-11-6-12(15(16)17)8-13(7-11)18-2/h6-10,14H,3-5H2,1-2H3. The van der Waals surface area contributed by atoms with Crippen molar-refractivity contribution in [3.05, 3.63) is 28.3 Å². The van der Waals surface area contributed by atoms with E-state index in [0.717, 1.165) is 12.8 Å². The van der Waals surface area contributed by atoms with Crippen molar-refractivity contribution >= 4 is 11.4 Å². The average Bonchev–Trinajstić information content (AvgIpc) is 2.38. The second-order valence-corrected chi connectivity index (χ2v) is 4.72. The molecule has 104 valence electrons. The van der Waals surface area contributed by atoms with Gasteiger partial charge in [-0.25, -0.2) is 0 Å². The Balaban J connectivity index is 2.14. The summed E-state index contributed by atoms with van der Waals surface area (Å²) in [6, 6.07) is 4.99. The maximum atomic E-state index is 10.9. The third-order valence-corrected chi connectivity index (χ3v) is 3.19. The second kappa shape index (κ2) is 5.88. The fourth-order valence-corrected chi connectivity index (χ4v) is 2.25. The Hall–Kier alpha value is -1.82. The zero-order chi connectivity index (χ0) is 13.8. The summed E-state index contributed by atoms with van der Waals surface area (Å²) in [6.07, 6.45) is 2.01. The van der Waals surface area contributed by atoms with Crippen molar-refractivity contribution in [1.82, 2.24) is 0 Å². The van der Waals surface area contributed by atoms with Crippen LogP contribution in [-0.2, 0) is 4.74 Å². The van der Waals surface area contributed by atoms with Crippen molar-refractivity contribution in [1.29, 1.82) is 0 Å². The molecule has 0 spiro atoms. The maximum Gasteiger partial charge on any atom is 0.275 e. The molecule has 2 unspecified atom stereocenters. The van der Waals surface area contributed by atoms with Gasteiger partial charge in [0.2, 0.25) is 0 Å². The van der Waals surface area contributed by atoms with Crippen LogP contribution in [0.3, 0.4) is 0 Å². The Labute approximate surface area is 111 Å². The number of anilines is 1. The van der Waals surface area contributed by atoms with Gasteiger partial charge in [-0.3, -0.25) is 10.1 Å². The molecular formula is C13H18N2O4. The van der Waals surface area contributed by atoms with Crippen molar-refractivity contribution in [3.8, 4) is 5.75 Å². The van der Waals surface area contributed by atoms with Crippen LogP contribution in [0.5, 0.6) is 5.75 Å². The molecule has 0 bridgehead atoms. The van der Waals surface area contributed by atoms with E-state index in [0.29, 0.717) is 18.0 Å². The molecule has 1 aromatic rings. The van der Waals surface area contributed by atoms with E-state index in [2.05, 4.69) is 5.32 Å². The van der Waals surface area contributed by atoms with Gasteiger partial charge in [0.15, 0.2) is 0 Å². The van der Waals surface area contributed by atoms with Crippen LogP contribution in [0.15, 0.2) is 18.2 Å². The minimum atomic E-state index is -0.416. The molecule has 1 aromatic carbocycles. The number of nitrogens with zero attached hydrogens (tertiary/aromatic N) is 1. The summed E-state index contributed by atoms with van der Waals surface area (Å²) >= 11 is 0. The molecule has 1 aliphatic rings. The van der Waals surface area contributed by atoms with Gasteiger partial charge in [0.1, 0.15) is 5.75 Å². The first-order valence-corrected chi connectivity index (χ1v) is 6.30. The SMILES string of the molecule is COc1cc(NC2CCOC(C)C2)cc([N+](=O)[O-])c1. The van der Waals surface area contributed by atoms with Gasteiger partial charge in [-0.15, -0.1) is 0 Å². The summed E-state index contributed by atoms with van der Waals surface area (Å²) in [5, 5.41) is 14.2. The van der Waals surface area contributed by atoms with Crippen LogP contribution in [0.25, 0.3) is 0 Å². The van der Waals surface area contributed by atoms with Crippen molar-refractivity contribution in [2.45, 2.75) is 31.9 Å². The number of nitro benzene ring substituents is 1. The molecule has 1 saturated heterocycles. The number of ether oxygens (including phenoxy) is 2. The molecule has 0 saturated carbocycles. The van der Waals surface area contributed by atoms with Crippen LogP contribution in [0.2, 0.25) is 0 Å². The van der Waals surface area contributed by atoms with Crippen LogP contribution in [0.1, 0.15) is 19.8 Å². The quantitative estimate of drug-likeness (QED) is 0.669. The van der Waals surface area contributed by atoms with E-state index in [4.69, 9.17) is 9.47 Å². The number of nitro groups is 1. The lowest BCUT2D eigenvalue weighted by Gasteiger charge is -2.28. The molecule has 2 atom stereocenters. The Morgan fingerprint density at radius 3 is 2.89 bits per heavy atom. The van der Waals surface area contributed by atoms with Gasteiger partial charge in [0, 0.05) is 30.5 Å². The Kier molecular flexibility index (Phi) is 4.21. The smallest absolute Gasteiger partial charge is 0.275 e. The first-order chi connectivity index (χ1) is 9.08. The Morgan fingerprint density at radius 1 is 1.47 bits per heavy atom. The van der Waals surface area contributed by atoms with E-state index < -0.39 is 4.92 Å². The van der Waals surface area contributed by atoms with Gasteiger partial charge < -0.3 is 14.8 Å². The lowest BCUT2D eigenvalue weighted by Crippen LogP contribution is -2.32. The maximum absolute atomic E-state index is 10.9. The summed E-state index contributed by atoms with van der Waals surface area (Å²) in [6.45, 7) is 2.74. The molecule has 19 heavy (non-hydrogen) atoms. The van der Waals surface area contributed by atoms with Crippen LogP contribution in [0, 0.1) is 10.1 Å². The van der Waals surface area contributed by atoms with Crippen LogP contribution >= 0.6 is 0 Å². The summed E-state index contributed by atoms with van der Waals surface area (Å²) < 4.78 is 10.6. The van der Waals surface area contributed by atoms with Crippen molar-refractivity contribution < 1.29 is 14.4 Å². The predicted octanol–water partition coefficient (Wildman–Crippen LogP) is 2.58. The minimum absolute atomic E-state index is 0.0296. The topological polar surface area (TPSA) is 73.6 Å². The number of methoxy groups -OCH3 is 1. The highest BCUT2D eigenvalue weighted by atomic mass is 16.6. The van der Waals surface area contributed by atoms with Gasteiger partial charge >= 0.3 is 0 Å². The van der Waals surface area contributed by atoms with Crippen LogP contribution in [0.4, 0.5) is 11.4 Å². The second-order valence-electron chi connectivity index (χ2n) is 4.72. The number of hydrogen-bond donors (Lipinski definition) is 1. The normalized spacial score (nSPS) is 22.8. The molecule has 1 aliphatic heterocycles. The molecule has 0 radical (unpaired) electrons. The minimum Gasteiger partial charge on any atom is -0.496 e. The van der Waals surface area contributed by atoms with E-state index in [1.54, 1.807) is 6.07 Å². The summed E-state index contributed by atoms with van der Waals surface area (Å²) in [5.41, 5.74) is 0.743. The number of rotatable bonds is 4. The first-order valence-electron chi connectivity index (χ1n) is 6.30. The lowest BCUT2D eigenvalue weighted by atomic mass is 10.0. The van der Waals surface area contributed by atoms with Crippen molar-refractivity contribution in [2.75, 3.05) is 19.0 Å². The highest BCUT2D eigenvalue weighted by Crippen LogP contribution is 2.27. The summed E-state index contributed by atoms with van der Waals surface area (Å²) in [4.78, 5) is 10.5.